The predicted molar refractivity (Wildman–Crippen MR) is 49.4 cm³/mol. The first-order chi connectivity index (χ1) is 7.42. The van der Waals surface area contributed by atoms with E-state index in [-0.39, 0.29) is 19.1 Å². The molecule has 13 heavy (non-hydrogen) atoms. The highest BCUT2D eigenvalue weighted by molar-refractivity contribution is 5.20. The topological polar surface area (TPSA) is 68.4 Å². The standard InChI is InChI=1S/C9H14N2O2/c1-2-13-9-4-3-7(5-11-9)8(10)6-12/h3-5,8,12H,2,6,10H2,1H3/t8-/m0/s1/i1D3. The lowest BCUT2D eigenvalue weighted by molar-refractivity contribution is 0.267. The van der Waals surface area contributed by atoms with Gasteiger partial charge in [-0.3, -0.25) is 0 Å². The minimum absolute atomic E-state index is 0.169. The molecule has 0 bridgehead atoms. The van der Waals surface area contributed by atoms with Gasteiger partial charge in [-0.1, -0.05) is 6.07 Å². The molecule has 1 aromatic rings. The van der Waals surface area contributed by atoms with Crippen LogP contribution in [0.3, 0.4) is 0 Å². The van der Waals surface area contributed by atoms with E-state index in [1.165, 1.54) is 12.3 Å². The quantitative estimate of drug-likeness (QED) is 0.715. The van der Waals surface area contributed by atoms with E-state index < -0.39 is 12.9 Å². The lowest BCUT2D eigenvalue weighted by Crippen LogP contribution is -2.14. The Hall–Kier alpha value is -1.13. The second-order valence-electron chi connectivity index (χ2n) is 2.51. The Morgan fingerprint density at radius 2 is 2.62 bits per heavy atom. The number of aromatic nitrogens is 1. The summed E-state index contributed by atoms with van der Waals surface area (Å²) in [6.07, 6.45) is 1.45. The molecule has 1 rings (SSSR count). The Balaban J connectivity index is 2.58. The van der Waals surface area contributed by atoms with Crippen LogP contribution >= 0.6 is 0 Å². The monoisotopic (exact) mass is 185 g/mol. The van der Waals surface area contributed by atoms with Crippen LogP contribution in [-0.2, 0) is 0 Å². The van der Waals surface area contributed by atoms with Gasteiger partial charge in [0.2, 0.25) is 5.88 Å². The van der Waals surface area contributed by atoms with Crippen molar-refractivity contribution in [2.45, 2.75) is 12.9 Å². The number of aliphatic hydroxyl groups is 1. The molecule has 4 nitrogen and oxygen atoms in total. The van der Waals surface area contributed by atoms with Crippen LogP contribution in [0.4, 0.5) is 0 Å². The number of pyridine rings is 1. The van der Waals surface area contributed by atoms with Crippen LogP contribution in [0.2, 0.25) is 0 Å². The molecule has 0 fully saturated rings. The summed E-state index contributed by atoms with van der Waals surface area (Å²) in [5.74, 6) is 0.227. The summed E-state index contributed by atoms with van der Waals surface area (Å²) in [4.78, 5) is 3.89. The van der Waals surface area contributed by atoms with Crippen molar-refractivity contribution < 1.29 is 14.0 Å². The minimum Gasteiger partial charge on any atom is -0.478 e. The molecule has 0 aromatic carbocycles. The van der Waals surface area contributed by atoms with E-state index in [9.17, 15) is 0 Å². The van der Waals surface area contributed by atoms with Crippen LogP contribution in [0.25, 0.3) is 0 Å². The fraction of sp³-hybridized carbons (Fsp3) is 0.444. The van der Waals surface area contributed by atoms with Gasteiger partial charge in [0.1, 0.15) is 0 Å². The Morgan fingerprint density at radius 1 is 1.77 bits per heavy atom. The summed E-state index contributed by atoms with van der Waals surface area (Å²) in [6, 6.07) is 2.68. The van der Waals surface area contributed by atoms with Gasteiger partial charge in [-0.2, -0.15) is 0 Å². The second kappa shape index (κ2) is 4.79. The maximum absolute atomic E-state index is 8.81. The number of nitrogens with zero attached hydrogens (tertiary/aromatic N) is 1. The average molecular weight is 185 g/mol. The molecule has 0 spiro atoms. The molecule has 0 aliphatic carbocycles. The van der Waals surface area contributed by atoms with Gasteiger partial charge in [-0.15, -0.1) is 0 Å². The summed E-state index contributed by atoms with van der Waals surface area (Å²) in [7, 11) is 0. The molecular formula is C9H14N2O2. The normalized spacial score (nSPS) is 16.9. The molecule has 0 aliphatic rings. The molecule has 0 amide bonds. The van der Waals surface area contributed by atoms with Crippen LogP contribution in [0.5, 0.6) is 5.88 Å². The average Bonchev–Trinajstić information content (AvgIpc) is 2.25. The molecule has 72 valence electrons. The molecule has 0 saturated carbocycles. The highest BCUT2D eigenvalue weighted by Gasteiger charge is 2.04. The second-order valence-corrected chi connectivity index (χ2v) is 2.51. The first kappa shape index (κ1) is 6.34. The molecular weight excluding hydrogens is 168 g/mol. The molecule has 0 saturated heterocycles. The van der Waals surface area contributed by atoms with Crippen molar-refractivity contribution in [3.8, 4) is 5.88 Å². The fourth-order valence-corrected chi connectivity index (χ4v) is 0.876. The molecule has 0 aliphatic heterocycles. The van der Waals surface area contributed by atoms with Crippen molar-refractivity contribution in [2.75, 3.05) is 13.2 Å². The zero-order chi connectivity index (χ0) is 12.2. The van der Waals surface area contributed by atoms with E-state index in [2.05, 4.69) is 4.98 Å². The lowest BCUT2D eigenvalue weighted by Gasteiger charge is -2.08. The minimum atomic E-state index is -2.14. The van der Waals surface area contributed by atoms with Gasteiger partial charge in [-0.05, 0) is 12.4 Å². The largest absolute Gasteiger partial charge is 0.478 e. The summed E-state index contributed by atoms with van der Waals surface area (Å²) in [6.45, 7) is -2.69. The lowest BCUT2D eigenvalue weighted by atomic mass is 10.1. The number of aliphatic hydroxyl groups excluding tert-OH is 1. The third-order valence-electron chi connectivity index (χ3n) is 1.60. The SMILES string of the molecule is [2H]C([2H])([2H])COc1ccc([C@@H](N)CO)cn1. The molecule has 0 radical (unpaired) electrons. The summed E-state index contributed by atoms with van der Waals surface area (Å²) >= 11 is 0. The van der Waals surface area contributed by atoms with Crippen molar-refractivity contribution in [3.05, 3.63) is 23.9 Å². The van der Waals surface area contributed by atoms with Crippen molar-refractivity contribution >= 4 is 0 Å². The first-order valence-corrected chi connectivity index (χ1v) is 3.87. The Morgan fingerprint density at radius 3 is 3.15 bits per heavy atom. The van der Waals surface area contributed by atoms with Gasteiger partial charge >= 0.3 is 0 Å². The van der Waals surface area contributed by atoms with Crippen LogP contribution in [-0.4, -0.2) is 23.3 Å². The molecule has 1 aromatic heterocycles. The van der Waals surface area contributed by atoms with Crippen molar-refractivity contribution in [3.63, 3.8) is 0 Å². The predicted octanol–water partition coefficient (Wildman–Crippen LogP) is 0.472. The van der Waals surface area contributed by atoms with Crippen LogP contribution in [0, 0.1) is 0 Å². The number of hydrogen-bond acceptors (Lipinski definition) is 4. The van der Waals surface area contributed by atoms with Crippen molar-refractivity contribution in [1.82, 2.24) is 4.98 Å². The third kappa shape index (κ3) is 2.68. The summed E-state index contributed by atoms with van der Waals surface area (Å²) in [5, 5.41) is 8.81. The maximum atomic E-state index is 8.81. The molecule has 3 N–H and O–H groups in total. The number of ether oxygens (including phenoxy) is 1. The van der Waals surface area contributed by atoms with Gasteiger partial charge in [0.15, 0.2) is 0 Å². The Kier molecular flexibility index (Phi) is 2.34. The third-order valence-corrected chi connectivity index (χ3v) is 1.60. The Labute approximate surface area is 81.6 Å². The number of hydrogen-bond donors (Lipinski definition) is 2. The van der Waals surface area contributed by atoms with Crippen molar-refractivity contribution in [1.29, 1.82) is 0 Å². The maximum Gasteiger partial charge on any atom is 0.213 e. The van der Waals surface area contributed by atoms with Crippen LogP contribution in [0.1, 0.15) is 22.6 Å². The molecule has 1 atom stereocenters. The Bertz CT molecular complexity index is 327. The highest BCUT2D eigenvalue weighted by atomic mass is 16.5. The summed E-state index contributed by atoms with van der Waals surface area (Å²) < 4.78 is 25.8. The smallest absolute Gasteiger partial charge is 0.213 e. The first-order valence-electron chi connectivity index (χ1n) is 5.37. The number of nitrogens with two attached hydrogens (primary N) is 1. The van der Waals surface area contributed by atoms with Crippen LogP contribution in [0.15, 0.2) is 18.3 Å². The van der Waals surface area contributed by atoms with E-state index in [1.807, 2.05) is 0 Å². The van der Waals surface area contributed by atoms with Crippen LogP contribution < -0.4 is 10.5 Å². The summed E-state index contributed by atoms with van der Waals surface area (Å²) in [5.41, 5.74) is 6.24. The molecule has 1 heterocycles. The zero-order valence-electron chi connectivity index (χ0n) is 10.1. The molecule has 4 heteroatoms. The van der Waals surface area contributed by atoms with Gasteiger partial charge in [0.05, 0.1) is 19.3 Å². The molecule has 0 unspecified atom stereocenters. The van der Waals surface area contributed by atoms with E-state index in [0.717, 1.165) is 0 Å². The van der Waals surface area contributed by atoms with Gasteiger partial charge in [0.25, 0.3) is 0 Å². The van der Waals surface area contributed by atoms with Gasteiger partial charge in [-0.25, -0.2) is 4.98 Å². The number of rotatable bonds is 4. The van der Waals surface area contributed by atoms with Crippen molar-refractivity contribution in [2.24, 2.45) is 5.73 Å². The van der Waals surface area contributed by atoms with E-state index in [4.69, 9.17) is 19.7 Å². The van der Waals surface area contributed by atoms with Gasteiger partial charge < -0.3 is 15.6 Å². The van der Waals surface area contributed by atoms with E-state index >= 15 is 0 Å². The highest BCUT2D eigenvalue weighted by Crippen LogP contribution is 2.12. The zero-order valence-corrected chi connectivity index (χ0v) is 7.10. The fourth-order valence-electron chi connectivity index (χ4n) is 0.876. The van der Waals surface area contributed by atoms with E-state index in [1.54, 1.807) is 6.07 Å². The van der Waals surface area contributed by atoms with E-state index in [0.29, 0.717) is 5.56 Å². The van der Waals surface area contributed by atoms with Gasteiger partial charge in [0, 0.05) is 16.4 Å².